The van der Waals surface area contributed by atoms with Crippen LogP contribution in [0.25, 0.3) is 0 Å². The molecule has 2 nitrogen and oxygen atoms in total. The summed E-state index contributed by atoms with van der Waals surface area (Å²) in [6.45, 7) is -4.90. The molecule has 88 valence electrons. The smallest absolute Gasteiger partial charge is 0.449 e. The molecule has 0 fully saturated rings. The van der Waals surface area contributed by atoms with Crippen molar-refractivity contribution in [2.75, 3.05) is 5.32 Å². The van der Waals surface area contributed by atoms with Gasteiger partial charge in [-0.15, -0.1) is 0 Å². The number of para-hydroxylation sites is 1. The average molecular weight is 334 g/mol. The van der Waals surface area contributed by atoms with Crippen molar-refractivity contribution in [3.05, 3.63) is 28.7 Å². The molecule has 0 saturated heterocycles. The van der Waals surface area contributed by atoms with Crippen LogP contribution in [0.4, 0.5) is 18.6 Å². The Morgan fingerprint density at radius 3 is 2.41 bits per heavy atom. The maximum Gasteiger partial charge on any atom is 1.00 e. The Balaban J connectivity index is 0.00000256. The summed E-state index contributed by atoms with van der Waals surface area (Å²) in [7, 11) is 0. The van der Waals surface area contributed by atoms with E-state index in [4.69, 9.17) is 0 Å². The largest absolute Gasteiger partial charge is 1.00 e. The zero-order valence-corrected chi connectivity index (χ0v) is 13.9. The first kappa shape index (κ1) is 17.7. The predicted molar refractivity (Wildman–Crippen MR) is 61.3 cm³/mol. The van der Waals surface area contributed by atoms with Gasteiger partial charge >= 0.3 is 58.4 Å². The van der Waals surface area contributed by atoms with E-state index in [0.717, 1.165) is 0 Å². The minimum Gasteiger partial charge on any atom is -0.449 e. The van der Waals surface area contributed by atoms with Crippen LogP contribution in [0.3, 0.4) is 0 Å². The fourth-order valence-corrected chi connectivity index (χ4v) is 1.45. The Bertz CT molecular complexity index is 389. The van der Waals surface area contributed by atoms with Crippen molar-refractivity contribution in [2.45, 2.75) is 12.7 Å². The van der Waals surface area contributed by atoms with Crippen LogP contribution in [0.2, 0.25) is 6.32 Å². The predicted octanol–water partition coefficient (Wildman–Crippen LogP) is 0.629. The second-order valence-electron chi connectivity index (χ2n) is 3.28. The summed E-state index contributed by atoms with van der Waals surface area (Å²) in [5.41, 5.74) is 0.474. The standard InChI is InChI=1S/C9H9BBrF3NO.K/c11-7-3-1-2-4-8(7)15-9(16)5-6-10(12,13)14;/h1-4H,5-6H2,(H,15,16);/q-1;+1. The van der Waals surface area contributed by atoms with Crippen LogP contribution in [-0.4, -0.2) is 12.9 Å². The summed E-state index contributed by atoms with van der Waals surface area (Å²) in [5, 5.41) is 2.41. The van der Waals surface area contributed by atoms with Gasteiger partial charge in [0, 0.05) is 10.9 Å². The molecule has 0 heterocycles. The van der Waals surface area contributed by atoms with Gasteiger partial charge < -0.3 is 18.3 Å². The van der Waals surface area contributed by atoms with E-state index in [9.17, 15) is 17.7 Å². The Kier molecular flexibility index (Phi) is 8.27. The molecule has 0 saturated carbocycles. The van der Waals surface area contributed by atoms with Crippen LogP contribution in [0.5, 0.6) is 0 Å². The molecule has 0 aliphatic heterocycles. The first-order valence-electron chi connectivity index (χ1n) is 4.64. The number of nitrogens with one attached hydrogen (secondary N) is 1. The Morgan fingerprint density at radius 1 is 1.29 bits per heavy atom. The van der Waals surface area contributed by atoms with E-state index in [2.05, 4.69) is 21.2 Å². The van der Waals surface area contributed by atoms with Crippen molar-refractivity contribution in [3.63, 3.8) is 0 Å². The van der Waals surface area contributed by atoms with Gasteiger partial charge in [-0.2, -0.15) is 0 Å². The number of carbonyl (C=O) groups is 1. The fourth-order valence-electron chi connectivity index (χ4n) is 1.07. The second kappa shape index (κ2) is 7.96. The summed E-state index contributed by atoms with van der Waals surface area (Å²) in [6, 6.07) is 6.75. The molecule has 1 aromatic rings. The molecule has 1 rings (SSSR count). The Labute approximate surface area is 148 Å². The van der Waals surface area contributed by atoms with E-state index in [1.165, 1.54) is 0 Å². The van der Waals surface area contributed by atoms with Gasteiger partial charge in [0.2, 0.25) is 5.91 Å². The van der Waals surface area contributed by atoms with Crippen molar-refractivity contribution in [3.8, 4) is 0 Å². The number of hydrogen-bond donors (Lipinski definition) is 1. The van der Waals surface area contributed by atoms with E-state index in [1.54, 1.807) is 24.3 Å². The minimum atomic E-state index is -4.90. The minimum absolute atomic E-state index is 0. The van der Waals surface area contributed by atoms with Crippen LogP contribution in [0.1, 0.15) is 6.42 Å². The molecule has 1 amide bonds. The molecule has 0 aliphatic carbocycles. The number of amides is 1. The van der Waals surface area contributed by atoms with E-state index in [0.29, 0.717) is 10.2 Å². The number of anilines is 1. The zero-order chi connectivity index (χ0) is 12.2. The van der Waals surface area contributed by atoms with Crippen LogP contribution < -0.4 is 56.7 Å². The molecule has 0 aliphatic rings. The molecule has 1 N–H and O–H groups in total. The third-order valence-corrected chi connectivity index (χ3v) is 2.54. The average Bonchev–Trinajstić information content (AvgIpc) is 2.18. The number of hydrogen-bond acceptors (Lipinski definition) is 1. The molecular formula is C9H9BBrF3KNO. The van der Waals surface area contributed by atoms with Crippen LogP contribution in [-0.2, 0) is 4.79 Å². The van der Waals surface area contributed by atoms with Crippen molar-refractivity contribution >= 4 is 34.5 Å². The molecule has 0 aromatic heterocycles. The van der Waals surface area contributed by atoms with Gasteiger partial charge in [0.25, 0.3) is 0 Å². The number of carbonyl (C=O) groups excluding carboxylic acids is 1. The van der Waals surface area contributed by atoms with Gasteiger partial charge in [-0.05, 0) is 28.1 Å². The monoisotopic (exact) mass is 333 g/mol. The Hall–Kier alpha value is 0.661. The topological polar surface area (TPSA) is 29.1 Å². The summed E-state index contributed by atoms with van der Waals surface area (Å²) in [6.07, 6.45) is -1.58. The molecule has 0 atom stereocenters. The van der Waals surface area contributed by atoms with E-state index in [-0.39, 0.29) is 51.4 Å². The normalized spacial score (nSPS) is 10.6. The molecule has 17 heavy (non-hydrogen) atoms. The molecule has 1 aromatic carbocycles. The third-order valence-electron chi connectivity index (χ3n) is 1.85. The van der Waals surface area contributed by atoms with E-state index >= 15 is 0 Å². The zero-order valence-electron chi connectivity index (χ0n) is 9.22. The summed E-state index contributed by atoms with van der Waals surface area (Å²) >= 11 is 3.18. The van der Waals surface area contributed by atoms with Crippen molar-refractivity contribution in [2.24, 2.45) is 0 Å². The number of halogens is 4. The van der Waals surface area contributed by atoms with Crippen molar-refractivity contribution in [1.29, 1.82) is 0 Å². The van der Waals surface area contributed by atoms with Gasteiger partial charge in [-0.3, -0.25) is 4.79 Å². The first-order chi connectivity index (χ1) is 7.38. The molecular weight excluding hydrogens is 325 g/mol. The number of benzene rings is 1. The SMILES string of the molecule is O=C(CC[B-](F)(F)F)Nc1ccccc1Br.[K+]. The number of rotatable bonds is 4. The van der Waals surface area contributed by atoms with Crippen LogP contribution in [0, 0.1) is 0 Å². The fraction of sp³-hybridized carbons (Fsp3) is 0.222. The van der Waals surface area contributed by atoms with Gasteiger partial charge in [-0.25, -0.2) is 0 Å². The Morgan fingerprint density at radius 2 is 1.88 bits per heavy atom. The van der Waals surface area contributed by atoms with Gasteiger partial charge in [0.15, 0.2) is 0 Å². The summed E-state index contributed by atoms with van der Waals surface area (Å²) < 4.78 is 36.4. The van der Waals surface area contributed by atoms with Gasteiger partial charge in [0.1, 0.15) is 0 Å². The van der Waals surface area contributed by atoms with E-state index < -0.39 is 25.6 Å². The maximum absolute atomic E-state index is 11.9. The van der Waals surface area contributed by atoms with Gasteiger partial charge in [0.05, 0.1) is 5.69 Å². The van der Waals surface area contributed by atoms with Crippen LogP contribution >= 0.6 is 15.9 Å². The van der Waals surface area contributed by atoms with Crippen molar-refractivity contribution in [1.82, 2.24) is 0 Å². The summed E-state index contributed by atoms with van der Waals surface area (Å²) in [4.78, 5) is 11.2. The summed E-state index contributed by atoms with van der Waals surface area (Å²) in [5.74, 6) is -0.633. The molecule has 0 spiro atoms. The molecule has 0 radical (unpaired) electrons. The van der Waals surface area contributed by atoms with Gasteiger partial charge in [-0.1, -0.05) is 18.5 Å². The van der Waals surface area contributed by atoms with Crippen LogP contribution in [0.15, 0.2) is 28.7 Å². The third kappa shape index (κ3) is 7.63. The quantitative estimate of drug-likeness (QED) is 0.805. The molecule has 0 unspecified atom stereocenters. The molecule has 0 bridgehead atoms. The maximum atomic E-state index is 11.9. The first-order valence-corrected chi connectivity index (χ1v) is 5.43. The van der Waals surface area contributed by atoms with E-state index in [1.807, 2.05) is 0 Å². The molecule has 8 heteroatoms. The van der Waals surface area contributed by atoms with Crippen molar-refractivity contribution < 1.29 is 69.1 Å². The second-order valence-corrected chi connectivity index (χ2v) is 4.13.